The van der Waals surface area contributed by atoms with Crippen LogP contribution in [0.1, 0.15) is 66.2 Å². The zero-order valence-electron chi connectivity index (χ0n) is 73.7. The maximum atomic E-state index is 10.3. The fraction of sp³-hybridized carbons (Fsp3) is 0.0667. The summed E-state index contributed by atoms with van der Waals surface area (Å²) in [5, 5.41) is 1.02. The molecule has 0 bridgehead atoms. The van der Waals surface area contributed by atoms with Gasteiger partial charge in [0.2, 0.25) is 0 Å². The molecule has 0 saturated heterocycles. The maximum Gasteiger partial charge on any atom is 0.268 e. The van der Waals surface area contributed by atoms with Crippen LogP contribution in [0, 0.1) is 32.2 Å². The molecule has 4 aromatic heterocycles. The molecule has 17 aromatic rings. The number of pyridine rings is 1. The molecule has 0 saturated carbocycles. The van der Waals surface area contributed by atoms with Crippen molar-refractivity contribution in [3.63, 3.8) is 0 Å². The molecule has 5 heterocycles. The Labute approximate surface area is 615 Å². The molecule has 0 fully saturated rings. The van der Waals surface area contributed by atoms with Crippen molar-refractivity contribution in [2.24, 2.45) is 0 Å². The Morgan fingerprint density at radius 2 is 1.00 bits per heavy atom. The van der Waals surface area contributed by atoms with Crippen LogP contribution in [0.25, 0.3) is 122 Å². The Morgan fingerprint density at radius 1 is 0.469 bits per heavy atom. The third kappa shape index (κ3) is 9.62. The van der Waals surface area contributed by atoms with Gasteiger partial charge in [0, 0.05) is 63.3 Å². The molecule has 0 unspecified atom stereocenters. The molecule has 0 N–H and O–H groups in total. The van der Waals surface area contributed by atoms with Crippen molar-refractivity contribution in [3.05, 3.63) is 338 Å². The number of fused-ring (bicyclic) bond motifs is 13. The Kier molecular flexibility index (Phi) is 10.1. The maximum absolute atomic E-state index is 10.3. The number of rotatable bonds is 10. The summed E-state index contributed by atoms with van der Waals surface area (Å²) in [6.45, 7) is 0.602. The van der Waals surface area contributed by atoms with Gasteiger partial charge in [-0.2, -0.15) is 18.2 Å². The molecule has 6 nitrogen and oxygen atoms in total. The number of para-hydroxylation sites is 3. The van der Waals surface area contributed by atoms with Gasteiger partial charge < -0.3 is 18.4 Å². The van der Waals surface area contributed by atoms with Crippen LogP contribution in [0.5, 0.6) is 11.5 Å². The summed E-state index contributed by atoms with van der Waals surface area (Å²) in [6, 6.07) is 54.7. The first-order valence-corrected chi connectivity index (χ1v) is 33.6. The van der Waals surface area contributed by atoms with Crippen LogP contribution in [-0.2, 0) is 26.5 Å². The van der Waals surface area contributed by atoms with E-state index < -0.39 is 128 Å². The number of nitrogens with zero attached hydrogens (tertiary/aromatic N) is 5. The van der Waals surface area contributed by atoms with Crippen molar-refractivity contribution in [1.29, 1.82) is 0 Å². The predicted molar refractivity (Wildman–Crippen MR) is 401 cm³/mol. The fourth-order valence-electron chi connectivity index (χ4n) is 14.4. The average Bonchev–Trinajstić information content (AvgIpc) is 1.63. The monoisotopic (exact) mass is 1480 g/mol. The van der Waals surface area contributed by atoms with Crippen LogP contribution in [-0.4, -0.2) is 26.8 Å². The third-order valence-corrected chi connectivity index (χ3v) is 22.8. The molecule has 98 heavy (non-hydrogen) atoms. The van der Waals surface area contributed by atoms with E-state index in [-0.39, 0.29) is 87.7 Å². The van der Waals surface area contributed by atoms with Crippen LogP contribution >= 0.6 is 0 Å². The molecule has 0 radical (unpaired) electrons. The third-order valence-electron chi connectivity index (χ3n) is 18.6. The Morgan fingerprint density at radius 3 is 1.59 bits per heavy atom. The summed E-state index contributed by atoms with van der Waals surface area (Å²) >= 11 is 0. The van der Waals surface area contributed by atoms with Crippen molar-refractivity contribution >= 4 is 83.5 Å². The number of aromatic nitrogens is 5. The van der Waals surface area contributed by atoms with Crippen molar-refractivity contribution in [1.82, 2.24) is 18.7 Å². The second-order valence-electron chi connectivity index (χ2n) is 25.1. The van der Waals surface area contributed by atoms with Gasteiger partial charge in [0.15, 0.2) is 8.07 Å². The van der Waals surface area contributed by atoms with Crippen molar-refractivity contribution in [3.8, 4) is 78.9 Å². The number of hydrogen-bond donors (Lipinski definition) is 0. The van der Waals surface area contributed by atoms with Crippen molar-refractivity contribution in [2.75, 3.05) is 0 Å². The summed E-state index contributed by atoms with van der Waals surface area (Å²) in [5.41, 5.74) is 6.93. The second-order valence-corrected chi connectivity index (χ2v) is 28.7. The van der Waals surface area contributed by atoms with Gasteiger partial charge in [0.1, 0.15) is 5.82 Å². The minimum absolute atomic E-state index is 0. The van der Waals surface area contributed by atoms with Gasteiger partial charge in [-0.25, -0.2) is 4.98 Å². The Bertz CT molecular complexity index is 6890. The summed E-state index contributed by atoms with van der Waals surface area (Å²) in [7, 11) is -6.00. The van der Waals surface area contributed by atoms with E-state index >= 15 is 0 Å². The first-order chi connectivity index (χ1) is 56.2. The molecular weight excluding hydrogens is 1390 g/mol. The summed E-state index contributed by atoms with van der Waals surface area (Å²) in [6.07, 6.45) is 5.56. The van der Waals surface area contributed by atoms with Gasteiger partial charge in [-0.1, -0.05) is 250 Å². The Balaban J connectivity index is 0.0000101. The molecular formula is C90H65N5OPtSi-2. The number of aryl methyl sites for hydroxylation is 2. The van der Waals surface area contributed by atoms with Crippen LogP contribution in [0.3, 0.4) is 0 Å². The second kappa shape index (κ2) is 23.9. The normalized spacial score (nSPS) is 15.4. The van der Waals surface area contributed by atoms with Gasteiger partial charge in [0.25, 0.3) is 6.33 Å². The SMILES string of the molecule is [2H]c1c([2H])c([2H])c([Si](c2cc3c4c(c2)n(-c2[c-]c(Oc5[c-]c6c(cc5)c5ccccc5n6-c5cc(C(C)(C)C)ccn5)ccc2)[c-][n+]4-c2c(cc(-c4c(C([2H])([2H])[2H])cccc4C([2H])([2H])[2H])cc2-n2c4ccccc4c4ccccc42)-c2ccccc2-c2ccccc2-3)(c2c([2H])c([2H])c([2H])c([2H])c2[2H])c2c([2H])c([2H])c([2H])c([2H])c2[2H])c([2H])c1[2H].[Pt]. The minimum atomic E-state index is -6.00. The number of benzene rings is 13. The van der Waals surface area contributed by atoms with Crippen LogP contribution in [0.15, 0.2) is 303 Å². The largest absolute Gasteiger partial charge is 0.510 e. The van der Waals surface area contributed by atoms with E-state index in [1.165, 1.54) is 24.3 Å². The van der Waals surface area contributed by atoms with Crippen LogP contribution in [0.2, 0.25) is 0 Å². The predicted octanol–water partition coefficient (Wildman–Crippen LogP) is 19.0. The molecule has 1 aliphatic rings. The molecule has 0 aliphatic carbocycles. The Hall–Kier alpha value is -11.2. The molecule has 8 heteroatoms. The van der Waals surface area contributed by atoms with E-state index in [1.54, 1.807) is 69.9 Å². The van der Waals surface area contributed by atoms with Gasteiger partial charge >= 0.3 is 0 Å². The smallest absolute Gasteiger partial charge is 0.268 e. The summed E-state index contributed by atoms with van der Waals surface area (Å²) in [5.74, 6) is 1.02. The molecule has 18 rings (SSSR count). The van der Waals surface area contributed by atoms with Crippen LogP contribution in [0.4, 0.5) is 0 Å². The quantitative estimate of drug-likeness (QED) is 0.0593. The topological polar surface area (TPSA) is 40.8 Å². The molecule has 0 amide bonds. The molecule has 0 spiro atoms. The number of ether oxygens (including phenoxy) is 1. The molecule has 13 aromatic carbocycles. The van der Waals surface area contributed by atoms with Crippen LogP contribution < -0.4 is 30.1 Å². The van der Waals surface area contributed by atoms with E-state index in [2.05, 4.69) is 45.3 Å². The van der Waals surface area contributed by atoms with Gasteiger partial charge in [0.05, 0.1) is 54.0 Å². The minimum Gasteiger partial charge on any atom is -0.510 e. The van der Waals surface area contributed by atoms with E-state index in [0.717, 1.165) is 32.6 Å². The summed E-state index contributed by atoms with van der Waals surface area (Å²) in [4.78, 5) is 4.89. The van der Waals surface area contributed by atoms with Gasteiger partial charge in [-0.15, -0.1) is 29.7 Å². The van der Waals surface area contributed by atoms with E-state index in [9.17, 15) is 16.4 Å². The number of hydrogen-bond acceptors (Lipinski definition) is 2. The molecule has 472 valence electrons. The first-order valence-electron chi connectivity index (χ1n) is 42.1. The standard InChI is InChI=1S/C90H65N5OSi.Pt/c1-59-27-25-28-60(2)87(59)61-51-78-72-39-17-15-37-70(72)71-38-16-18-40-73(71)79-56-69(97(66-31-9-6-10-32-66,67-33-11-7-12-34-67)68-35-13-8-14-36-68)57-84-88(79)93(89(78)85(52-61)94-80-44-22-19-41-74(80)75-42-20-23-45-81(75)94)58-92(84)63-29-26-30-64(54-63)96-65-47-48-77-76-43-21-24-46-82(76)95(83(77)55-65)86-53-62(49-50-91-86)90(3,4)5;/h6-53,56-57H,1-5H3;/q-2;/i1D3,2D3,6D,7D,8D,9D,10D,11D,12D,13D,14D,31D,32D,33D,34D,35D,36D;. The van der Waals surface area contributed by atoms with Gasteiger partial charge in [-0.3, -0.25) is 4.57 Å². The average molecular weight is 1480 g/mol. The van der Waals surface area contributed by atoms with E-state index in [4.69, 9.17) is 22.1 Å². The van der Waals surface area contributed by atoms with Crippen molar-refractivity contribution in [2.45, 2.75) is 39.9 Å². The summed E-state index contributed by atoms with van der Waals surface area (Å²) < 4.78 is 215. The zero-order valence-corrected chi connectivity index (χ0v) is 55.9. The molecule has 1 aliphatic heterocycles. The fourth-order valence-corrected chi connectivity index (χ4v) is 18.2. The van der Waals surface area contributed by atoms with Gasteiger partial charge in [-0.05, 0) is 155 Å². The zero-order chi connectivity index (χ0) is 83.2. The van der Waals surface area contributed by atoms with Crippen molar-refractivity contribution < 1.29 is 59.2 Å². The first kappa shape index (κ1) is 41.7. The van der Waals surface area contributed by atoms with E-state index in [1.807, 2.05) is 130 Å². The number of imidazole rings is 1. The van der Waals surface area contributed by atoms with E-state index in [0.29, 0.717) is 61.6 Å². The molecule has 0 atom stereocenters.